The Morgan fingerprint density at radius 3 is 1.75 bits per heavy atom. The normalized spacial score (nSPS) is 19.2. The first-order chi connectivity index (χ1) is 30.7. The van der Waals surface area contributed by atoms with Crippen LogP contribution in [0, 0.1) is 27.8 Å². The van der Waals surface area contributed by atoms with E-state index in [4.69, 9.17) is 6.42 Å². The maximum Gasteiger partial charge on any atom is 0.323 e. The number of nitrogens with zero attached hydrogens (tertiary/aromatic N) is 3. The number of fused-ring (bicyclic) bond motifs is 2. The number of carbonyl (C=O) groups is 6. The summed E-state index contributed by atoms with van der Waals surface area (Å²) in [6.07, 6.45) is 21.7. The van der Waals surface area contributed by atoms with Gasteiger partial charge in [0.15, 0.2) is 5.54 Å². The summed E-state index contributed by atoms with van der Waals surface area (Å²) in [7, 11) is 2.35. The van der Waals surface area contributed by atoms with Crippen LogP contribution in [0.15, 0.2) is 65.8 Å². The van der Waals surface area contributed by atoms with E-state index < -0.39 is 51.9 Å². The standard InChI is InChI=1S/C20H16N4O3S.C14H10IN3O3.3C4H9.CH4S.CH4.Sn/c1-28-15-5-4-14-11-24(17(25)16(14)9-15)12-20(18(26)22-19(27)23-20)7-6-13-3-2-8-21-10-13;1-2-14(12(20)16-13(21)17-14)7-18-6-8-3-4-9(15)5-10(8)11(18)19;3*1-3-4-2;1-2;;/h2-5,8-10H,11-12H2,1H3,(H2,22,23,26,27);1,3-5H,6-7H2,(H2,16,17,20,21);3*1,3-4H2,2H3;2H,1H3;1H4;/q;;;;;;;+1/p-1/t20-;14-;;;;;;/m11....../s1. The second-order valence-corrected chi connectivity index (χ2v) is 39.0. The molecule has 1 aromatic heterocycles. The van der Waals surface area contributed by atoms with Crippen molar-refractivity contribution in [2.45, 2.75) is 109 Å². The average Bonchev–Trinajstić information content (AvgIpc) is 3.97. The van der Waals surface area contributed by atoms with Crippen LogP contribution in [-0.4, -0.2) is 104 Å². The zero-order chi connectivity index (χ0) is 46.5. The minimum atomic E-state index is -1.70. The maximum absolute atomic E-state index is 12.9. The van der Waals surface area contributed by atoms with Crippen molar-refractivity contribution >= 4 is 96.0 Å². The van der Waals surface area contributed by atoms with Crippen LogP contribution in [0.25, 0.3) is 0 Å². The molecule has 5 heterocycles. The molecular weight excluding hydrogens is 1080 g/mol. The van der Waals surface area contributed by atoms with E-state index in [1.54, 1.807) is 55.7 Å². The molecule has 0 radical (unpaired) electrons. The average molecular weight is 1140 g/mol. The van der Waals surface area contributed by atoms with Gasteiger partial charge in [-0.3, -0.25) is 34.8 Å². The smallest absolute Gasteiger partial charge is 0.323 e. The molecule has 13 nitrogen and oxygen atoms in total. The van der Waals surface area contributed by atoms with Crippen LogP contribution in [-0.2, 0) is 22.7 Å². The monoisotopic (exact) mass is 1140 g/mol. The Morgan fingerprint density at radius 1 is 0.769 bits per heavy atom. The number of benzene rings is 2. The third kappa shape index (κ3) is 13.2. The minimum absolute atomic E-state index is 0. The number of amides is 8. The van der Waals surface area contributed by atoms with Gasteiger partial charge in [0.1, 0.15) is 0 Å². The van der Waals surface area contributed by atoms with Crippen LogP contribution >= 0.6 is 43.3 Å². The van der Waals surface area contributed by atoms with Crippen LogP contribution in [0.4, 0.5) is 9.59 Å². The Labute approximate surface area is 408 Å². The van der Waals surface area contributed by atoms with E-state index in [1.165, 1.54) is 48.3 Å². The maximum atomic E-state index is 12.9. The molecule has 4 aliphatic heterocycles. The number of hydrogen-bond acceptors (Lipinski definition) is 9. The van der Waals surface area contributed by atoms with Crippen molar-refractivity contribution in [1.82, 2.24) is 36.1 Å². The van der Waals surface area contributed by atoms with Gasteiger partial charge in [-0.05, 0) is 76.4 Å². The number of carbonyl (C=O) groups excluding carboxylic acids is 6. The molecule has 346 valence electrons. The Bertz CT molecular complexity index is 2330. The van der Waals surface area contributed by atoms with E-state index in [0.29, 0.717) is 29.8 Å². The van der Waals surface area contributed by atoms with E-state index in [9.17, 15) is 28.8 Å². The van der Waals surface area contributed by atoms with E-state index in [-0.39, 0.29) is 32.3 Å². The van der Waals surface area contributed by atoms with Gasteiger partial charge in [-0.2, -0.15) is 0 Å². The van der Waals surface area contributed by atoms with Crippen LogP contribution in [0.1, 0.15) is 104 Å². The van der Waals surface area contributed by atoms with Gasteiger partial charge in [0.2, 0.25) is 5.54 Å². The molecule has 0 saturated carbocycles. The van der Waals surface area contributed by atoms with Gasteiger partial charge in [0.05, 0.1) is 13.1 Å². The molecule has 2 atom stereocenters. The summed E-state index contributed by atoms with van der Waals surface area (Å²) in [5.74, 6) is 6.50. The Hall–Kier alpha value is -4.24. The molecule has 0 bridgehead atoms. The molecule has 2 aromatic carbocycles. The third-order valence-electron chi connectivity index (χ3n) is 11.6. The van der Waals surface area contributed by atoms with Gasteiger partial charge < -0.3 is 20.4 Å². The largest absolute Gasteiger partial charge is 0.330 e. The van der Waals surface area contributed by atoms with Crippen molar-refractivity contribution in [2.75, 3.05) is 25.6 Å². The van der Waals surface area contributed by atoms with Crippen molar-refractivity contribution in [3.05, 3.63) is 92.3 Å². The fourth-order valence-electron chi connectivity index (χ4n) is 7.90. The van der Waals surface area contributed by atoms with Crippen molar-refractivity contribution < 1.29 is 28.8 Å². The first-order valence-electron chi connectivity index (χ1n) is 21.5. The summed E-state index contributed by atoms with van der Waals surface area (Å²) >= 11 is 1.99. The molecule has 3 aromatic rings. The van der Waals surface area contributed by atoms with Gasteiger partial charge in [-0.25, -0.2) is 9.59 Å². The summed E-state index contributed by atoms with van der Waals surface area (Å²) in [6, 6.07) is 13.5. The van der Waals surface area contributed by atoms with E-state index >= 15 is 0 Å². The first-order valence-corrected chi connectivity index (χ1v) is 34.6. The van der Waals surface area contributed by atoms with Crippen molar-refractivity contribution in [1.29, 1.82) is 0 Å². The van der Waals surface area contributed by atoms with Crippen molar-refractivity contribution in [3.63, 3.8) is 0 Å². The number of imide groups is 2. The van der Waals surface area contributed by atoms with Crippen LogP contribution in [0.5, 0.6) is 0 Å². The summed E-state index contributed by atoms with van der Waals surface area (Å²) in [6.45, 7) is 7.68. The molecule has 2 fully saturated rings. The SMILES string of the molecule is C.C#C[C@]1(CN2Cc3ccc(I)cc3C2=O)NC(=O)NC1=O.CCC[CH2][Sn]([CH2]CCC)([CH2]CCC)[S]C.CSc1ccc2c(c1)C(=O)N(C[C@@]1(C#Cc3cccnc3)NC(=O)NC1=O)C2. The summed E-state index contributed by atoms with van der Waals surface area (Å²) < 4.78 is 5.89. The van der Waals surface area contributed by atoms with Crippen LogP contribution < -0.4 is 21.3 Å². The Kier molecular flexibility index (Phi) is 20.1. The van der Waals surface area contributed by atoms with Crippen molar-refractivity contribution in [3.8, 4) is 24.2 Å². The molecule has 7 rings (SSSR count). The summed E-state index contributed by atoms with van der Waals surface area (Å²) in [4.78, 5) is 80.8. The zero-order valence-electron chi connectivity index (χ0n) is 37.0. The van der Waals surface area contributed by atoms with E-state index in [0.717, 1.165) is 19.6 Å². The number of unbranched alkanes of at least 4 members (excludes halogenated alkanes) is 3. The molecule has 4 aliphatic rings. The van der Waals surface area contributed by atoms with E-state index in [2.05, 4.69) is 103 Å². The molecule has 65 heavy (non-hydrogen) atoms. The molecular formula is C48H60IN7O6S2Sn. The minimum Gasteiger partial charge on any atom is -0.330 e. The molecule has 17 heteroatoms. The topological polar surface area (TPSA) is 170 Å². The number of pyridine rings is 1. The molecule has 8 amide bonds. The van der Waals surface area contributed by atoms with Crippen LogP contribution in [0.2, 0.25) is 13.3 Å². The number of aromatic nitrogens is 1. The third-order valence-corrected chi connectivity index (χ3v) is 36.2. The zero-order valence-corrected chi connectivity index (χ0v) is 43.7. The summed E-state index contributed by atoms with van der Waals surface area (Å²) in [5, 5.41) is 9.34. The number of urea groups is 2. The molecule has 0 unspecified atom stereocenters. The first kappa shape index (κ1) is 53.4. The van der Waals surface area contributed by atoms with Gasteiger partial charge in [0, 0.05) is 50.6 Å². The molecule has 2 saturated heterocycles. The van der Waals surface area contributed by atoms with Gasteiger partial charge in [-0.15, -0.1) is 18.2 Å². The predicted octanol–water partition coefficient (Wildman–Crippen LogP) is 8.18. The molecule has 0 spiro atoms. The van der Waals surface area contributed by atoms with Gasteiger partial charge in [0.25, 0.3) is 23.6 Å². The number of nitrogens with one attached hydrogen (secondary N) is 4. The Morgan fingerprint density at radius 2 is 1.29 bits per heavy atom. The van der Waals surface area contributed by atoms with E-state index in [1.807, 2.05) is 36.6 Å². The fraction of sp³-hybridized carbons (Fsp3) is 0.438. The second-order valence-electron chi connectivity index (χ2n) is 16.1. The van der Waals surface area contributed by atoms with Gasteiger partial charge in [-0.1, -0.05) is 37.3 Å². The van der Waals surface area contributed by atoms with Gasteiger partial charge >= 0.3 is 117 Å². The number of thioether (sulfide) groups is 1. The number of terminal acetylenes is 1. The number of hydrogen-bond donors (Lipinski definition) is 4. The second kappa shape index (κ2) is 24.5. The van der Waals surface area contributed by atoms with Crippen LogP contribution in [0.3, 0.4) is 0 Å². The summed E-state index contributed by atoms with van der Waals surface area (Å²) in [5.41, 5.74) is 0.608. The van der Waals surface area contributed by atoms with Crippen molar-refractivity contribution in [2.24, 2.45) is 0 Å². The Balaban J connectivity index is 0.000000223. The quantitative estimate of drug-likeness (QED) is 0.0386. The predicted molar refractivity (Wildman–Crippen MR) is 271 cm³/mol. The fourth-order valence-corrected chi connectivity index (χ4v) is 28.3. The number of halogens is 1. The molecule has 4 N–H and O–H groups in total. The molecule has 0 aliphatic carbocycles. The number of rotatable bonds is 15.